The van der Waals surface area contributed by atoms with E-state index in [1.54, 1.807) is 0 Å². The highest BCUT2D eigenvalue weighted by Crippen LogP contribution is 2.28. The summed E-state index contributed by atoms with van der Waals surface area (Å²) in [7, 11) is 0. The Morgan fingerprint density at radius 2 is 1.94 bits per heavy atom. The number of nitrogens with zero attached hydrogens (tertiary/aromatic N) is 1. The van der Waals surface area contributed by atoms with Crippen molar-refractivity contribution in [3.63, 3.8) is 0 Å². The molecule has 5 N–H and O–H groups in total. The minimum Gasteiger partial charge on any atom is -0.409 e. The van der Waals surface area contributed by atoms with E-state index in [9.17, 15) is 9.59 Å². The molecule has 0 saturated heterocycles. The summed E-state index contributed by atoms with van der Waals surface area (Å²) in [4.78, 5) is 22.3. The molecular formula is C9H16N4O3. The third-order valence-electron chi connectivity index (χ3n) is 2.16. The standard InChI is InChI=1S/C9H16N4O3/c10-7(13-16)5-8(14)11-3-4-12-9(15)6-1-2-6/h6,16H,1-5H2,(H2,10,13)(H,11,14)(H,12,15). The molecule has 1 rings (SSSR count). The fourth-order valence-corrected chi connectivity index (χ4v) is 1.14. The summed E-state index contributed by atoms with van der Waals surface area (Å²) < 4.78 is 0. The lowest BCUT2D eigenvalue weighted by Gasteiger charge is -2.05. The van der Waals surface area contributed by atoms with Crippen LogP contribution < -0.4 is 16.4 Å². The number of carbonyl (C=O) groups excluding carboxylic acids is 2. The monoisotopic (exact) mass is 228 g/mol. The average molecular weight is 228 g/mol. The Balaban J connectivity index is 2.01. The predicted molar refractivity (Wildman–Crippen MR) is 56.8 cm³/mol. The number of amides is 2. The molecule has 0 radical (unpaired) electrons. The Hall–Kier alpha value is -1.79. The number of oxime groups is 1. The van der Waals surface area contributed by atoms with Gasteiger partial charge >= 0.3 is 0 Å². The van der Waals surface area contributed by atoms with Crippen LogP contribution >= 0.6 is 0 Å². The lowest BCUT2D eigenvalue weighted by molar-refractivity contribution is -0.123. The maximum Gasteiger partial charge on any atom is 0.227 e. The summed E-state index contributed by atoms with van der Waals surface area (Å²) in [6, 6.07) is 0. The van der Waals surface area contributed by atoms with Gasteiger partial charge in [0.05, 0.1) is 6.42 Å². The lowest BCUT2D eigenvalue weighted by Crippen LogP contribution is -2.36. The van der Waals surface area contributed by atoms with E-state index in [0.29, 0.717) is 13.1 Å². The van der Waals surface area contributed by atoms with Gasteiger partial charge in [-0.1, -0.05) is 5.16 Å². The molecule has 0 atom stereocenters. The Labute approximate surface area is 93.1 Å². The van der Waals surface area contributed by atoms with Crippen molar-refractivity contribution in [3.8, 4) is 0 Å². The van der Waals surface area contributed by atoms with Crippen LogP contribution in [0, 0.1) is 5.92 Å². The average Bonchev–Trinajstić information content (AvgIpc) is 3.07. The molecule has 0 spiro atoms. The highest BCUT2D eigenvalue weighted by molar-refractivity contribution is 5.98. The minimum absolute atomic E-state index is 0.0469. The summed E-state index contributed by atoms with van der Waals surface area (Å²) in [5, 5.41) is 16.1. The molecule has 7 nitrogen and oxygen atoms in total. The fraction of sp³-hybridized carbons (Fsp3) is 0.667. The minimum atomic E-state index is -0.337. The maximum absolute atomic E-state index is 11.2. The van der Waals surface area contributed by atoms with Gasteiger partial charge in [0.25, 0.3) is 0 Å². The van der Waals surface area contributed by atoms with Gasteiger partial charge in [-0.3, -0.25) is 9.59 Å². The van der Waals surface area contributed by atoms with Crippen molar-refractivity contribution >= 4 is 17.6 Å². The highest BCUT2D eigenvalue weighted by atomic mass is 16.4. The summed E-state index contributed by atoms with van der Waals surface area (Å²) in [6.45, 7) is 0.743. The second-order valence-electron chi connectivity index (χ2n) is 3.68. The van der Waals surface area contributed by atoms with Gasteiger partial charge < -0.3 is 21.6 Å². The molecule has 90 valence electrons. The van der Waals surface area contributed by atoms with Crippen LogP contribution in [0.2, 0.25) is 0 Å². The van der Waals surface area contributed by atoms with Crippen LogP contribution in [-0.4, -0.2) is 35.9 Å². The van der Waals surface area contributed by atoms with E-state index in [1.807, 2.05) is 0 Å². The molecule has 1 saturated carbocycles. The number of hydrogen-bond donors (Lipinski definition) is 4. The van der Waals surface area contributed by atoms with Crippen molar-refractivity contribution in [1.82, 2.24) is 10.6 Å². The Bertz CT molecular complexity index is 299. The molecule has 1 aliphatic carbocycles. The number of rotatable bonds is 6. The van der Waals surface area contributed by atoms with E-state index in [0.717, 1.165) is 12.8 Å². The molecular weight excluding hydrogens is 212 g/mol. The van der Waals surface area contributed by atoms with Crippen LogP contribution in [-0.2, 0) is 9.59 Å². The number of nitrogens with two attached hydrogens (primary N) is 1. The molecule has 7 heteroatoms. The molecule has 0 unspecified atom stereocenters. The van der Waals surface area contributed by atoms with E-state index in [1.165, 1.54) is 0 Å². The van der Waals surface area contributed by atoms with Crippen LogP contribution in [0.15, 0.2) is 5.16 Å². The van der Waals surface area contributed by atoms with Gasteiger partial charge in [0, 0.05) is 19.0 Å². The van der Waals surface area contributed by atoms with Crippen molar-refractivity contribution in [2.75, 3.05) is 13.1 Å². The third-order valence-corrected chi connectivity index (χ3v) is 2.16. The topological polar surface area (TPSA) is 117 Å². The second-order valence-corrected chi connectivity index (χ2v) is 3.68. The van der Waals surface area contributed by atoms with Crippen LogP contribution in [0.1, 0.15) is 19.3 Å². The summed E-state index contributed by atoms with van der Waals surface area (Å²) in [5.41, 5.74) is 5.14. The summed E-state index contributed by atoms with van der Waals surface area (Å²) >= 11 is 0. The van der Waals surface area contributed by atoms with Gasteiger partial charge in [0.15, 0.2) is 0 Å². The zero-order valence-electron chi connectivity index (χ0n) is 8.90. The first-order chi connectivity index (χ1) is 7.63. The normalized spacial score (nSPS) is 15.6. The number of carbonyl (C=O) groups is 2. The van der Waals surface area contributed by atoms with E-state index in [-0.39, 0.29) is 30.0 Å². The Kier molecular flexibility index (Phi) is 4.56. The van der Waals surface area contributed by atoms with Gasteiger partial charge in [-0.25, -0.2) is 0 Å². The van der Waals surface area contributed by atoms with Crippen molar-refractivity contribution in [2.24, 2.45) is 16.8 Å². The Morgan fingerprint density at radius 3 is 2.50 bits per heavy atom. The van der Waals surface area contributed by atoms with Crippen LogP contribution in [0.5, 0.6) is 0 Å². The van der Waals surface area contributed by atoms with Crippen molar-refractivity contribution in [3.05, 3.63) is 0 Å². The van der Waals surface area contributed by atoms with Crippen LogP contribution in [0.3, 0.4) is 0 Å². The van der Waals surface area contributed by atoms with E-state index < -0.39 is 0 Å². The Morgan fingerprint density at radius 1 is 1.31 bits per heavy atom. The van der Waals surface area contributed by atoms with Gasteiger partial charge in [0.2, 0.25) is 11.8 Å². The molecule has 0 aromatic heterocycles. The molecule has 2 amide bonds. The highest BCUT2D eigenvalue weighted by Gasteiger charge is 2.28. The van der Waals surface area contributed by atoms with E-state index in [2.05, 4.69) is 15.8 Å². The largest absolute Gasteiger partial charge is 0.409 e. The molecule has 1 aliphatic rings. The molecule has 0 aromatic rings. The summed E-state index contributed by atoms with van der Waals surface area (Å²) in [5.74, 6) is -0.256. The first-order valence-corrected chi connectivity index (χ1v) is 5.14. The first-order valence-electron chi connectivity index (χ1n) is 5.14. The predicted octanol–water partition coefficient (Wildman–Crippen LogP) is -1.23. The van der Waals surface area contributed by atoms with Crippen molar-refractivity contribution in [2.45, 2.75) is 19.3 Å². The quantitative estimate of drug-likeness (QED) is 0.150. The van der Waals surface area contributed by atoms with Gasteiger partial charge in [-0.2, -0.15) is 0 Å². The second kappa shape index (κ2) is 5.94. The molecule has 16 heavy (non-hydrogen) atoms. The molecule has 0 aliphatic heterocycles. The van der Waals surface area contributed by atoms with Gasteiger partial charge in [0.1, 0.15) is 5.84 Å². The van der Waals surface area contributed by atoms with E-state index >= 15 is 0 Å². The zero-order chi connectivity index (χ0) is 12.0. The number of hydrogen-bond acceptors (Lipinski definition) is 4. The van der Waals surface area contributed by atoms with E-state index in [4.69, 9.17) is 10.9 Å². The lowest BCUT2D eigenvalue weighted by atomic mass is 10.3. The van der Waals surface area contributed by atoms with Crippen molar-refractivity contribution < 1.29 is 14.8 Å². The third kappa shape index (κ3) is 4.63. The summed E-state index contributed by atoms with van der Waals surface area (Å²) in [6.07, 6.45) is 1.77. The zero-order valence-corrected chi connectivity index (χ0v) is 8.90. The van der Waals surface area contributed by atoms with Crippen molar-refractivity contribution in [1.29, 1.82) is 0 Å². The smallest absolute Gasteiger partial charge is 0.227 e. The van der Waals surface area contributed by atoms with Gasteiger partial charge in [-0.05, 0) is 12.8 Å². The SMILES string of the molecule is NC(CC(=O)NCCNC(=O)C1CC1)=NO. The number of amidine groups is 1. The van der Waals surface area contributed by atoms with Crippen LogP contribution in [0.4, 0.5) is 0 Å². The van der Waals surface area contributed by atoms with Gasteiger partial charge in [-0.15, -0.1) is 0 Å². The first kappa shape index (κ1) is 12.3. The number of nitrogens with one attached hydrogen (secondary N) is 2. The molecule has 0 heterocycles. The molecule has 0 bridgehead atoms. The van der Waals surface area contributed by atoms with Crippen LogP contribution in [0.25, 0.3) is 0 Å². The molecule has 0 aromatic carbocycles. The maximum atomic E-state index is 11.2. The molecule has 1 fully saturated rings. The fourth-order valence-electron chi connectivity index (χ4n) is 1.14.